The Morgan fingerprint density at radius 3 is 2.52 bits per heavy atom. The molecule has 1 aromatic rings. The van der Waals surface area contributed by atoms with E-state index in [9.17, 15) is 9.59 Å². The van der Waals surface area contributed by atoms with Crippen molar-refractivity contribution in [1.29, 1.82) is 0 Å². The lowest BCUT2D eigenvalue weighted by atomic mass is 9.94. The highest BCUT2D eigenvalue weighted by Crippen LogP contribution is 2.50. The van der Waals surface area contributed by atoms with Gasteiger partial charge in [0, 0.05) is 46.4 Å². The molecule has 3 fully saturated rings. The number of ether oxygens (including phenoxy) is 2. The molecule has 4 rings (SSSR count). The van der Waals surface area contributed by atoms with Crippen LogP contribution >= 0.6 is 0 Å². The van der Waals surface area contributed by atoms with Crippen molar-refractivity contribution in [3.8, 4) is 5.75 Å². The lowest BCUT2D eigenvalue weighted by molar-refractivity contribution is -0.144. The molecule has 29 heavy (non-hydrogen) atoms. The molecule has 1 aromatic carbocycles. The van der Waals surface area contributed by atoms with Gasteiger partial charge in [-0.25, -0.2) is 0 Å². The number of carbonyl (C=O) groups excluding carboxylic acids is 2. The van der Waals surface area contributed by atoms with E-state index in [4.69, 9.17) is 9.47 Å². The van der Waals surface area contributed by atoms with Crippen LogP contribution in [0.5, 0.6) is 5.75 Å². The molecule has 0 N–H and O–H groups in total. The fourth-order valence-corrected chi connectivity index (χ4v) is 4.68. The Labute approximate surface area is 172 Å². The number of piperazine rings is 1. The van der Waals surface area contributed by atoms with Crippen molar-refractivity contribution < 1.29 is 19.1 Å². The van der Waals surface area contributed by atoms with Gasteiger partial charge in [0.2, 0.25) is 11.8 Å². The first-order valence-corrected chi connectivity index (χ1v) is 10.5. The molecule has 1 atom stereocenters. The van der Waals surface area contributed by atoms with Crippen molar-refractivity contribution in [3.63, 3.8) is 0 Å². The number of hydrogen-bond donors (Lipinski definition) is 0. The number of hydrogen-bond acceptors (Lipinski definition) is 5. The maximum absolute atomic E-state index is 13.6. The van der Waals surface area contributed by atoms with Gasteiger partial charge in [-0.15, -0.1) is 0 Å². The molecule has 2 aliphatic heterocycles. The summed E-state index contributed by atoms with van der Waals surface area (Å²) >= 11 is 0. The summed E-state index contributed by atoms with van der Waals surface area (Å²) in [4.78, 5) is 32.7. The van der Waals surface area contributed by atoms with Gasteiger partial charge < -0.3 is 19.3 Å². The van der Waals surface area contributed by atoms with E-state index in [1.54, 1.807) is 14.2 Å². The fourth-order valence-electron chi connectivity index (χ4n) is 4.68. The highest BCUT2D eigenvalue weighted by molar-refractivity contribution is 5.92. The summed E-state index contributed by atoms with van der Waals surface area (Å²) in [7, 11) is 3.30. The normalized spacial score (nSPS) is 24.1. The summed E-state index contributed by atoms with van der Waals surface area (Å²) in [5.41, 5.74) is 0.635. The van der Waals surface area contributed by atoms with Crippen LogP contribution in [-0.4, -0.2) is 92.7 Å². The zero-order valence-corrected chi connectivity index (χ0v) is 17.4. The van der Waals surface area contributed by atoms with Crippen LogP contribution in [0.15, 0.2) is 24.3 Å². The van der Waals surface area contributed by atoms with Crippen molar-refractivity contribution in [3.05, 3.63) is 29.8 Å². The second-order valence-corrected chi connectivity index (χ2v) is 8.29. The summed E-state index contributed by atoms with van der Waals surface area (Å²) in [5, 5.41) is 0. The highest BCUT2D eigenvalue weighted by Gasteiger charge is 2.53. The number of methoxy groups -OCH3 is 2. The van der Waals surface area contributed by atoms with E-state index in [0.29, 0.717) is 19.7 Å². The van der Waals surface area contributed by atoms with Gasteiger partial charge >= 0.3 is 0 Å². The Kier molecular flexibility index (Phi) is 5.79. The SMILES string of the molecule is COCCN1CCN2CCCN(C(=O)C3(c4ccc(OC)cc4)CC3)CC2C1=O. The van der Waals surface area contributed by atoms with Crippen LogP contribution in [-0.2, 0) is 19.7 Å². The van der Waals surface area contributed by atoms with E-state index in [1.807, 2.05) is 34.1 Å². The van der Waals surface area contributed by atoms with Crippen molar-refractivity contribution >= 4 is 11.8 Å². The molecular weight excluding hydrogens is 370 g/mol. The van der Waals surface area contributed by atoms with Crippen LogP contribution < -0.4 is 4.74 Å². The van der Waals surface area contributed by atoms with Gasteiger partial charge in [-0.3, -0.25) is 14.5 Å². The smallest absolute Gasteiger partial charge is 0.241 e. The van der Waals surface area contributed by atoms with Crippen LogP contribution in [0.3, 0.4) is 0 Å². The number of fused-ring (bicyclic) bond motifs is 1. The highest BCUT2D eigenvalue weighted by atomic mass is 16.5. The summed E-state index contributed by atoms with van der Waals surface area (Å²) in [5.74, 6) is 1.10. The number of nitrogens with zero attached hydrogens (tertiary/aromatic N) is 3. The lowest BCUT2D eigenvalue weighted by Gasteiger charge is -2.40. The lowest BCUT2D eigenvalue weighted by Crippen LogP contribution is -2.60. The third kappa shape index (κ3) is 3.85. The molecule has 1 saturated carbocycles. The second kappa shape index (κ2) is 8.32. The van der Waals surface area contributed by atoms with Crippen molar-refractivity contribution in [1.82, 2.24) is 14.7 Å². The van der Waals surface area contributed by atoms with Crippen LogP contribution in [0.2, 0.25) is 0 Å². The number of benzene rings is 1. The van der Waals surface area contributed by atoms with Gasteiger partial charge in [-0.05, 0) is 37.0 Å². The Morgan fingerprint density at radius 2 is 1.86 bits per heavy atom. The van der Waals surface area contributed by atoms with Crippen LogP contribution in [0, 0.1) is 0 Å². The molecule has 1 unspecified atom stereocenters. The Bertz CT molecular complexity index is 747. The van der Waals surface area contributed by atoms with Crippen molar-refractivity contribution in [2.45, 2.75) is 30.7 Å². The van der Waals surface area contributed by atoms with E-state index in [-0.39, 0.29) is 17.9 Å². The Hall–Kier alpha value is -2.12. The zero-order chi connectivity index (χ0) is 20.4. The second-order valence-electron chi connectivity index (χ2n) is 8.29. The van der Waals surface area contributed by atoms with E-state index in [2.05, 4.69) is 4.90 Å². The van der Waals surface area contributed by atoms with Crippen molar-refractivity contribution in [2.24, 2.45) is 0 Å². The third-order valence-electron chi connectivity index (χ3n) is 6.62. The van der Waals surface area contributed by atoms with E-state index in [0.717, 1.165) is 56.8 Å². The minimum Gasteiger partial charge on any atom is -0.497 e. The van der Waals surface area contributed by atoms with E-state index in [1.165, 1.54) is 0 Å². The first-order valence-electron chi connectivity index (χ1n) is 10.5. The van der Waals surface area contributed by atoms with E-state index < -0.39 is 5.41 Å². The molecule has 158 valence electrons. The largest absolute Gasteiger partial charge is 0.497 e. The van der Waals surface area contributed by atoms with Gasteiger partial charge in [0.1, 0.15) is 11.8 Å². The molecular formula is C22H31N3O4. The number of amides is 2. The molecule has 0 aromatic heterocycles. The summed E-state index contributed by atoms with van der Waals surface area (Å²) in [6.07, 6.45) is 2.65. The average molecular weight is 402 g/mol. The molecule has 7 heteroatoms. The molecule has 1 aliphatic carbocycles. The Morgan fingerprint density at radius 1 is 1.10 bits per heavy atom. The number of carbonyl (C=O) groups is 2. The summed E-state index contributed by atoms with van der Waals surface area (Å²) in [6.45, 7) is 4.83. The van der Waals surface area contributed by atoms with E-state index >= 15 is 0 Å². The molecule has 2 saturated heterocycles. The topological polar surface area (TPSA) is 62.3 Å². The molecule has 0 radical (unpaired) electrons. The first kappa shape index (κ1) is 20.2. The quantitative estimate of drug-likeness (QED) is 0.715. The maximum Gasteiger partial charge on any atom is 0.241 e. The predicted molar refractivity (Wildman–Crippen MR) is 109 cm³/mol. The third-order valence-corrected chi connectivity index (χ3v) is 6.62. The molecule has 2 amide bonds. The van der Waals surface area contributed by atoms with Gasteiger partial charge in [-0.2, -0.15) is 0 Å². The first-order chi connectivity index (χ1) is 14.1. The molecule has 2 heterocycles. The van der Waals surface area contributed by atoms with Gasteiger partial charge in [0.05, 0.1) is 19.1 Å². The average Bonchev–Trinajstić information content (AvgIpc) is 3.57. The maximum atomic E-state index is 13.6. The van der Waals surface area contributed by atoms with Crippen LogP contribution in [0.4, 0.5) is 0 Å². The van der Waals surface area contributed by atoms with Gasteiger partial charge in [0.25, 0.3) is 0 Å². The van der Waals surface area contributed by atoms with Crippen LogP contribution in [0.25, 0.3) is 0 Å². The number of rotatable bonds is 6. The summed E-state index contributed by atoms with van der Waals surface area (Å²) in [6, 6.07) is 7.62. The summed E-state index contributed by atoms with van der Waals surface area (Å²) < 4.78 is 10.4. The van der Waals surface area contributed by atoms with Crippen LogP contribution in [0.1, 0.15) is 24.8 Å². The standard InChI is InChI=1S/C22H31N3O4/c1-28-15-14-24-13-12-23-10-3-11-25(16-19(23)20(24)26)21(27)22(8-9-22)17-4-6-18(29-2)7-5-17/h4-7,19H,3,8-16H2,1-2H3. The fraction of sp³-hybridized carbons (Fsp3) is 0.636. The minimum atomic E-state index is -0.422. The van der Waals surface area contributed by atoms with Crippen molar-refractivity contribution in [2.75, 3.05) is 60.1 Å². The zero-order valence-electron chi connectivity index (χ0n) is 17.4. The van der Waals surface area contributed by atoms with Gasteiger partial charge in [0.15, 0.2) is 0 Å². The molecule has 0 bridgehead atoms. The molecule has 7 nitrogen and oxygen atoms in total. The van der Waals surface area contributed by atoms with Gasteiger partial charge in [-0.1, -0.05) is 12.1 Å². The molecule has 3 aliphatic rings. The predicted octanol–water partition coefficient (Wildman–Crippen LogP) is 1.12. The Balaban J connectivity index is 1.49. The molecule has 0 spiro atoms. The minimum absolute atomic E-state index is 0.127. The monoisotopic (exact) mass is 401 g/mol.